The van der Waals surface area contributed by atoms with Crippen molar-refractivity contribution in [2.45, 2.75) is 143 Å². The van der Waals surface area contributed by atoms with Gasteiger partial charge in [0.15, 0.2) is 11.5 Å². The van der Waals surface area contributed by atoms with Crippen molar-refractivity contribution in [2.75, 3.05) is 25.2 Å². The zero-order valence-corrected chi connectivity index (χ0v) is 31.2. The minimum Gasteiger partial charge on any atom is -0.490 e. The highest BCUT2D eigenvalue weighted by atomic mass is 79.9. The Hall–Kier alpha value is -2.54. The van der Waals surface area contributed by atoms with Gasteiger partial charge < -0.3 is 18.6 Å². The Balaban J connectivity index is 1.81. The van der Waals surface area contributed by atoms with E-state index < -0.39 is 0 Å². The Labute approximate surface area is 293 Å². The molecule has 1 heterocycles. The van der Waals surface area contributed by atoms with E-state index in [-0.39, 0.29) is 0 Å². The average molecular weight is 714 g/mol. The van der Waals surface area contributed by atoms with Crippen LogP contribution in [0.5, 0.6) is 17.2 Å². The molecule has 47 heavy (non-hydrogen) atoms. The lowest BCUT2D eigenvalue weighted by molar-refractivity contribution is 0.234. The summed E-state index contributed by atoms with van der Waals surface area (Å²) >= 11 is 3.52. The van der Waals surface area contributed by atoms with Crippen molar-refractivity contribution in [3.8, 4) is 40.2 Å². The second-order valence-electron chi connectivity index (χ2n) is 12.7. The van der Waals surface area contributed by atoms with Gasteiger partial charge in [-0.3, -0.25) is 0 Å². The highest BCUT2D eigenvalue weighted by Gasteiger charge is 2.20. The molecule has 0 aliphatic heterocycles. The van der Waals surface area contributed by atoms with Gasteiger partial charge in [0.25, 0.3) is 0 Å². The molecule has 0 aliphatic carbocycles. The summed E-state index contributed by atoms with van der Waals surface area (Å²) in [6, 6.07) is 12.3. The first-order chi connectivity index (χ1) is 23.2. The van der Waals surface area contributed by atoms with Crippen LogP contribution < -0.4 is 14.2 Å². The van der Waals surface area contributed by atoms with Crippen molar-refractivity contribution in [1.29, 1.82) is 0 Å². The maximum absolute atomic E-state index is 6.47. The maximum atomic E-state index is 6.47. The number of nitrogens with zero attached hydrogens (tertiary/aromatic N) is 2. The van der Waals surface area contributed by atoms with Crippen molar-refractivity contribution in [3.63, 3.8) is 0 Å². The van der Waals surface area contributed by atoms with Gasteiger partial charge in [-0.15, -0.1) is 10.2 Å². The smallest absolute Gasteiger partial charge is 0.248 e. The lowest BCUT2D eigenvalue weighted by Gasteiger charge is -2.18. The molecule has 2 aromatic carbocycles. The van der Waals surface area contributed by atoms with Crippen molar-refractivity contribution >= 4 is 15.9 Å². The van der Waals surface area contributed by atoms with E-state index in [0.29, 0.717) is 48.9 Å². The summed E-state index contributed by atoms with van der Waals surface area (Å²) in [5.41, 5.74) is 2.95. The molecular weight excluding hydrogens is 652 g/mol. The fraction of sp³-hybridized carbons (Fsp3) is 0.650. The number of rotatable bonds is 28. The summed E-state index contributed by atoms with van der Waals surface area (Å²) in [6.45, 7) is 8.67. The second-order valence-corrected chi connectivity index (χ2v) is 13.5. The fourth-order valence-corrected chi connectivity index (χ4v) is 6.08. The normalized spacial score (nSPS) is 11.2. The highest BCUT2D eigenvalue weighted by Crippen LogP contribution is 2.42. The lowest BCUT2D eigenvalue weighted by atomic mass is 10.1. The SMILES string of the molecule is CCCCCCCCOc1cc(-c2nnc(-c3ccc(CCBr)cc3)o2)cc(OCCCCCCCC)c1OCCCCCCCC. The number of unbranched alkanes of at least 4 members (excludes halogenated alkanes) is 15. The molecule has 0 N–H and O–H groups in total. The molecule has 3 aromatic rings. The molecule has 7 heteroatoms. The number of halogens is 1. The quantitative estimate of drug-likeness (QED) is 0.0551. The van der Waals surface area contributed by atoms with E-state index in [0.717, 1.165) is 55.0 Å². The van der Waals surface area contributed by atoms with Gasteiger partial charge in [0.1, 0.15) is 0 Å². The molecule has 262 valence electrons. The number of alkyl halides is 1. The topological polar surface area (TPSA) is 66.6 Å². The van der Waals surface area contributed by atoms with Crippen molar-refractivity contribution in [3.05, 3.63) is 42.0 Å². The van der Waals surface area contributed by atoms with E-state index in [4.69, 9.17) is 18.6 Å². The van der Waals surface area contributed by atoms with Gasteiger partial charge in [0, 0.05) is 16.5 Å². The van der Waals surface area contributed by atoms with Gasteiger partial charge in [0.2, 0.25) is 17.5 Å². The van der Waals surface area contributed by atoms with Gasteiger partial charge in [-0.2, -0.15) is 0 Å². The second kappa shape index (κ2) is 24.6. The van der Waals surface area contributed by atoms with Crippen LogP contribution in [0, 0.1) is 0 Å². The monoisotopic (exact) mass is 712 g/mol. The summed E-state index contributed by atoms with van der Waals surface area (Å²) in [7, 11) is 0. The van der Waals surface area contributed by atoms with Crippen LogP contribution in [-0.4, -0.2) is 35.3 Å². The first kappa shape index (κ1) is 38.9. The maximum Gasteiger partial charge on any atom is 0.248 e. The van der Waals surface area contributed by atoms with Crippen molar-refractivity contribution in [2.24, 2.45) is 0 Å². The van der Waals surface area contributed by atoms with Gasteiger partial charge >= 0.3 is 0 Å². The summed E-state index contributed by atoms with van der Waals surface area (Å²) in [6.07, 6.45) is 22.8. The van der Waals surface area contributed by atoms with Crippen molar-refractivity contribution < 1.29 is 18.6 Å². The van der Waals surface area contributed by atoms with E-state index in [9.17, 15) is 0 Å². The van der Waals surface area contributed by atoms with Crippen LogP contribution >= 0.6 is 15.9 Å². The number of hydrogen-bond acceptors (Lipinski definition) is 6. The predicted molar refractivity (Wildman–Crippen MR) is 199 cm³/mol. The van der Waals surface area contributed by atoms with Crippen LogP contribution in [-0.2, 0) is 6.42 Å². The summed E-state index contributed by atoms with van der Waals surface area (Å²) in [5.74, 6) is 3.03. The zero-order valence-electron chi connectivity index (χ0n) is 29.6. The Morgan fingerprint density at radius 1 is 0.532 bits per heavy atom. The first-order valence-corrected chi connectivity index (χ1v) is 19.9. The van der Waals surface area contributed by atoms with Crippen LogP contribution in [0.4, 0.5) is 0 Å². The van der Waals surface area contributed by atoms with Crippen LogP contribution in [0.3, 0.4) is 0 Å². The Morgan fingerprint density at radius 2 is 0.957 bits per heavy atom. The molecule has 0 saturated carbocycles. The molecule has 0 radical (unpaired) electrons. The molecule has 0 amide bonds. The van der Waals surface area contributed by atoms with E-state index in [1.54, 1.807) is 0 Å². The van der Waals surface area contributed by atoms with Gasteiger partial charge in [-0.1, -0.05) is 145 Å². The summed E-state index contributed by atoms with van der Waals surface area (Å²) in [4.78, 5) is 0. The van der Waals surface area contributed by atoms with E-state index in [1.807, 2.05) is 24.3 Å². The molecule has 6 nitrogen and oxygen atoms in total. The minimum absolute atomic E-state index is 0.445. The first-order valence-electron chi connectivity index (χ1n) is 18.8. The van der Waals surface area contributed by atoms with E-state index in [1.165, 1.54) is 89.0 Å². The third-order valence-corrected chi connectivity index (χ3v) is 8.93. The minimum atomic E-state index is 0.445. The van der Waals surface area contributed by atoms with E-state index in [2.05, 4.69) is 59.0 Å². The number of hydrogen-bond donors (Lipinski definition) is 0. The highest BCUT2D eigenvalue weighted by molar-refractivity contribution is 9.09. The molecular formula is C40H61BrN2O4. The average Bonchev–Trinajstić information content (AvgIpc) is 3.59. The molecule has 0 spiro atoms. The van der Waals surface area contributed by atoms with Crippen LogP contribution in [0.1, 0.15) is 142 Å². The van der Waals surface area contributed by atoms with E-state index >= 15 is 0 Å². The largest absolute Gasteiger partial charge is 0.490 e. The number of aromatic nitrogens is 2. The van der Waals surface area contributed by atoms with Gasteiger partial charge in [-0.05, 0) is 55.5 Å². The molecule has 3 rings (SSSR count). The van der Waals surface area contributed by atoms with Crippen LogP contribution in [0.25, 0.3) is 22.9 Å². The third kappa shape index (κ3) is 15.0. The number of aryl methyl sites for hydroxylation is 1. The van der Waals surface area contributed by atoms with Crippen molar-refractivity contribution in [1.82, 2.24) is 10.2 Å². The molecule has 1 aromatic heterocycles. The number of benzene rings is 2. The lowest BCUT2D eigenvalue weighted by Crippen LogP contribution is -2.07. The van der Waals surface area contributed by atoms with Crippen LogP contribution in [0.15, 0.2) is 40.8 Å². The molecule has 0 atom stereocenters. The summed E-state index contributed by atoms with van der Waals surface area (Å²) in [5, 5.41) is 9.77. The molecule has 0 aliphatic rings. The predicted octanol–water partition coefficient (Wildman–Crippen LogP) is 12.6. The Morgan fingerprint density at radius 3 is 1.43 bits per heavy atom. The molecule has 0 saturated heterocycles. The molecule has 0 bridgehead atoms. The zero-order chi connectivity index (χ0) is 33.4. The summed E-state index contributed by atoms with van der Waals surface area (Å²) < 4.78 is 25.6. The third-order valence-electron chi connectivity index (χ3n) is 8.53. The standard InChI is InChI=1S/C40H61BrN2O4/c1-4-7-10-13-16-19-28-44-36-31-35(40-43-42-39(47-40)34-24-22-33(23-25-34)26-27-41)32-37(45-29-20-17-14-11-8-5-2)38(36)46-30-21-18-15-12-9-6-3/h22-25,31-32H,4-21,26-30H2,1-3H3. The van der Waals surface area contributed by atoms with Crippen LogP contribution in [0.2, 0.25) is 0 Å². The Kier molecular flexibility index (Phi) is 20.3. The van der Waals surface area contributed by atoms with Gasteiger partial charge in [0.05, 0.1) is 19.8 Å². The fourth-order valence-electron chi connectivity index (χ4n) is 5.62. The Bertz CT molecular complexity index is 1170. The number of ether oxygens (including phenoxy) is 3. The van der Waals surface area contributed by atoms with Gasteiger partial charge in [-0.25, -0.2) is 0 Å². The molecule has 0 unspecified atom stereocenters. The molecule has 0 fully saturated rings.